The van der Waals surface area contributed by atoms with E-state index in [2.05, 4.69) is 43.4 Å². The predicted molar refractivity (Wildman–Crippen MR) is 95.5 cm³/mol. The van der Waals surface area contributed by atoms with Gasteiger partial charge in [0.2, 0.25) is 11.8 Å². The number of carbonyl (C=O) groups is 2. The molecule has 128 valence electrons. The average Bonchev–Trinajstić information content (AvgIpc) is 3.28. The third kappa shape index (κ3) is 2.73. The molecule has 1 aliphatic carbocycles. The van der Waals surface area contributed by atoms with Crippen molar-refractivity contribution in [1.82, 2.24) is 10.2 Å². The van der Waals surface area contributed by atoms with Gasteiger partial charge in [0.1, 0.15) is 6.04 Å². The lowest BCUT2D eigenvalue weighted by Gasteiger charge is -2.31. The van der Waals surface area contributed by atoms with Crippen LogP contribution in [-0.2, 0) is 9.59 Å². The maximum absolute atomic E-state index is 12.9. The highest BCUT2D eigenvalue weighted by molar-refractivity contribution is 8.01. The van der Waals surface area contributed by atoms with Gasteiger partial charge < -0.3 is 10.2 Å². The molecular formula is C19H24N2O2S. The first kappa shape index (κ1) is 16.0. The van der Waals surface area contributed by atoms with Crippen LogP contribution in [-0.4, -0.2) is 33.4 Å². The van der Waals surface area contributed by atoms with Gasteiger partial charge in [-0.05, 0) is 44.6 Å². The SMILES string of the molecule is Cc1ccc(C(NC(=O)C2CSC3(C)CCC(=O)N23)C2CC2)cc1. The Bertz CT molecular complexity index is 670. The molecule has 0 aromatic heterocycles. The van der Waals surface area contributed by atoms with E-state index in [0.29, 0.717) is 18.1 Å². The molecule has 1 aromatic carbocycles. The van der Waals surface area contributed by atoms with Crippen LogP contribution < -0.4 is 5.32 Å². The molecule has 4 rings (SSSR count). The number of nitrogens with one attached hydrogen (secondary N) is 1. The summed E-state index contributed by atoms with van der Waals surface area (Å²) in [5, 5.41) is 3.26. The molecule has 2 amide bonds. The van der Waals surface area contributed by atoms with Crippen LogP contribution in [0.15, 0.2) is 24.3 Å². The molecular weight excluding hydrogens is 320 g/mol. The molecule has 2 heterocycles. The molecule has 0 bridgehead atoms. The van der Waals surface area contributed by atoms with E-state index in [1.165, 1.54) is 24.0 Å². The summed E-state index contributed by atoms with van der Waals surface area (Å²) in [6.45, 7) is 4.16. The molecule has 1 aromatic rings. The average molecular weight is 344 g/mol. The Morgan fingerprint density at radius 2 is 2.04 bits per heavy atom. The number of benzene rings is 1. The van der Waals surface area contributed by atoms with Gasteiger partial charge in [-0.25, -0.2) is 0 Å². The number of amides is 2. The van der Waals surface area contributed by atoms with Crippen molar-refractivity contribution >= 4 is 23.6 Å². The van der Waals surface area contributed by atoms with Crippen molar-refractivity contribution in [3.8, 4) is 0 Å². The summed E-state index contributed by atoms with van der Waals surface area (Å²) < 4.78 is 0. The summed E-state index contributed by atoms with van der Waals surface area (Å²) in [5.74, 6) is 1.38. The van der Waals surface area contributed by atoms with E-state index in [1.54, 1.807) is 11.8 Å². The molecule has 1 saturated carbocycles. The second kappa shape index (κ2) is 5.80. The lowest BCUT2D eigenvalue weighted by Crippen LogP contribution is -2.50. The normalized spacial score (nSPS) is 30.3. The summed E-state index contributed by atoms with van der Waals surface area (Å²) in [7, 11) is 0. The summed E-state index contributed by atoms with van der Waals surface area (Å²) >= 11 is 1.75. The lowest BCUT2D eigenvalue weighted by molar-refractivity contribution is -0.138. The van der Waals surface area contributed by atoms with E-state index >= 15 is 0 Å². The molecule has 3 fully saturated rings. The van der Waals surface area contributed by atoms with Gasteiger partial charge >= 0.3 is 0 Å². The Hall–Kier alpha value is -1.49. The first-order chi connectivity index (χ1) is 11.5. The summed E-state index contributed by atoms with van der Waals surface area (Å²) in [4.78, 5) is 26.8. The first-order valence-corrected chi connectivity index (χ1v) is 9.79. The number of rotatable bonds is 4. The number of hydrogen-bond acceptors (Lipinski definition) is 3. The van der Waals surface area contributed by atoms with Gasteiger partial charge in [0.05, 0.1) is 10.9 Å². The van der Waals surface area contributed by atoms with Crippen LogP contribution in [0.5, 0.6) is 0 Å². The molecule has 3 atom stereocenters. The zero-order chi connectivity index (χ0) is 16.9. The van der Waals surface area contributed by atoms with Crippen molar-refractivity contribution in [2.75, 3.05) is 5.75 Å². The van der Waals surface area contributed by atoms with Crippen LogP contribution in [0.1, 0.15) is 49.8 Å². The van der Waals surface area contributed by atoms with Crippen molar-refractivity contribution in [3.05, 3.63) is 35.4 Å². The number of fused-ring (bicyclic) bond motifs is 1. The Morgan fingerprint density at radius 1 is 1.33 bits per heavy atom. The molecule has 2 aliphatic heterocycles. The zero-order valence-corrected chi connectivity index (χ0v) is 15.1. The Balaban J connectivity index is 1.52. The van der Waals surface area contributed by atoms with Crippen LogP contribution in [0.4, 0.5) is 0 Å². The lowest BCUT2D eigenvalue weighted by atomic mass is 10.0. The van der Waals surface area contributed by atoms with Crippen molar-refractivity contribution < 1.29 is 9.59 Å². The van der Waals surface area contributed by atoms with Crippen molar-refractivity contribution in [2.45, 2.75) is 56.5 Å². The topological polar surface area (TPSA) is 49.4 Å². The Morgan fingerprint density at radius 3 is 2.71 bits per heavy atom. The smallest absolute Gasteiger partial charge is 0.244 e. The van der Waals surface area contributed by atoms with Gasteiger partial charge in [0, 0.05) is 12.2 Å². The highest BCUT2D eigenvalue weighted by Crippen LogP contribution is 2.47. The first-order valence-electron chi connectivity index (χ1n) is 8.81. The second-order valence-corrected chi connectivity index (χ2v) is 9.00. The summed E-state index contributed by atoms with van der Waals surface area (Å²) in [6, 6.07) is 8.20. The molecule has 24 heavy (non-hydrogen) atoms. The number of thioether (sulfide) groups is 1. The highest BCUT2D eigenvalue weighted by Gasteiger charge is 2.53. The predicted octanol–water partition coefficient (Wildman–Crippen LogP) is 3.02. The van der Waals surface area contributed by atoms with E-state index in [0.717, 1.165) is 6.42 Å². The third-order valence-electron chi connectivity index (χ3n) is 5.58. The van der Waals surface area contributed by atoms with E-state index in [1.807, 2.05) is 4.90 Å². The van der Waals surface area contributed by atoms with Crippen LogP contribution >= 0.6 is 11.8 Å². The van der Waals surface area contributed by atoms with Crippen molar-refractivity contribution in [3.63, 3.8) is 0 Å². The molecule has 0 radical (unpaired) electrons. The maximum Gasteiger partial charge on any atom is 0.244 e. The molecule has 2 saturated heterocycles. The molecule has 5 heteroatoms. The minimum absolute atomic E-state index is 0.0129. The summed E-state index contributed by atoms with van der Waals surface area (Å²) in [5.41, 5.74) is 2.41. The van der Waals surface area contributed by atoms with Crippen LogP contribution in [0, 0.1) is 12.8 Å². The quantitative estimate of drug-likeness (QED) is 0.913. The highest BCUT2D eigenvalue weighted by atomic mass is 32.2. The number of nitrogens with zero attached hydrogens (tertiary/aromatic N) is 1. The van der Waals surface area contributed by atoms with Crippen molar-refractivity contribution in [1.29, 1.82) is 0 Å². The fourth-order valence-corrected chi connectivity index (χ4v) is 5.37. The fourth-order valence-electron chi connectivity index (χ4n) is 3.94. The van der Waals surface area contributed by atoms with E-state index in [-0.39, 0.29) is 28.8 Å². The third-order valence-corrected chi connectivity index (χ3v) is 7.08. The van der Waals surface area contributed by atoms with Gasteiger partial charge in [0.25, 0.3) is 0 Å². The molecule has 1 N–H and O–H groups in total. The number of aryl methyl sites for hydroxylation is 1. The minimum atomic E-state index is -0.318. The monoisotopic (exact) mass is 344 g/mol. The maximum atomic E-state index is 12.9. The molecule has 0 spiro atoms. The summed E-state index contributed by atoms with van der Waals surface area (Å²) in [6.07, 6.45) is 3.75. The van der Waals surface area contributed by atoms with E-state index in [4.69, 9.17) is 0 Å². The molecule has 4 nitrogen and oxygen atoms in total. The molecule has 3 aliphatic rings. The number of carbonyl (C=O) groups excluding carboxylic acids is 2. The Kier molecular flexibility index (Phi) is 3.87. The minimum Gasteiger partial charge on any atom is -0.347 e. The van der Waals surface area contributed by atoms with E-state index in [9.17, 15) is 9.59 Å². The van der Waals surface area contributed by atoms with Crippen molar-refractivity contribution in [2.24, 2.45) is 5.92 Å². The van der Waals surface area contributed by atoms with Gasteiger partial charge in [-0.1, -0.05) is 29.8 Å². The van der Waals surface area contributed by atoms with E-state index < -0.39 is 0 Å². The Labute approximate surface area is 147 Å². The molecule has 3 unspecified atom stereocenters. The van der Waals surface area contributed by atoms with Gasteiger partial charge in [-0.3, -0.25) is 9.59 Å². The van der Waals surface area contributed by atoms with Crippen LogP contribution in [0.3, 0.4) is 0 Å². The van der Waals surface area contributed by atoms with Crippen LogP contribution in [0.25, 0.3) is 0 Å². The standard InChI is InChI=1S/C19H24N2O2S/c1-12-3-5-13(6-4-12)17(14-7-8-14)20-18(23)15-11-24-19(2)10-9-16(22)21(15)19/h3-6,14-15,17H,7-11H2,1-2H3,(H,20,23). The number of hydrogen-bond donors (Lipinski definition) is 1. The largest absolute Gasteiger partial charge is 0.347 e. The fraction of sp³-hybridized carbons (Fsp3) is 0.579. The van der Waals surface area contributed by atoms with Gasteiger partial charge in [-0.15, -0.1) is 11.8 Å². The van der Waals surface area contributed by atoms with Gasteiger partial charge in [-0.2, -0.15) is 0 Å². The second-order valence-electron chi connectivity index (χ2n) is 7.50. The van der Waals surface area contributed by atoms with Crippen LogP contribution in [0.2, 0.25) is 0 Å². The zero-order valence-electron chi connectivity index (χ0n) is 14.2. The van der Waals surface area contributed by atoms with Gasteiger partial charge in [0.15, 0.2) is 0 Å².